The SMILES string of the molecule is CCNCC(C)(C)CN1CCN(C2CCCC2)CC1. The van der Waals surface area contributed by atoms with Crippen LogP contribution in [0.3, 0.4) is 0 Å². The van der Waals surface area contributed by atoms with Crippen LogP contribution in [-0.2, 0) is 0 Å². The Hall–Kier alpha value is -0.120. The van der Waals surface area contributed by atoms with Crippen molar-refractivity contribution in [2.24, 2.45) is 5.41 Å². The van der Waals surface area contributed by atoms with Gasteiger partial charge < -0.3 is 10.2 Å². The van der Waals surface area contributed by atoms with Gasteiger partial charge in [0.1, 0.15) is 0 Å². The van der Waals surface area contributed by atoms with Crippen molar-refractivity contribution in [1.82, 2.24) is 15.1 Å². The van der Waals surface area contributed by atoms with Crippen molar-refractivity contribution in [3.63, 3.8) is 0 Å². The van der Waals surface area contributed by atoms with Gasteiger partial charge in [-0.3, -0.25) is 4.90 Å². The first-order valence-corrected chi connectivity index (χ1v) is 8.28. The van der Waals surface area contributed by atoms with Crippen LogP contribution in [-0.4, -0.2) is 61.7 Å². The normalized spacial score (nSPS) is 24.2. The fourth-order valence-corrected chi connectivity index (χ4v) is 3.68. The minimum absolute atomic E-state index is 0.394. The van der Waals surface area contributed by atoms with Crippen molar-refractivity contribution >= 4 is 0 Å². The molecule has 3 nitrogen and oxygen atoms in total. The zero-order valence-corrected chi connectivity index (χ0v) is 13.2. The van der Waals surface area contributed by atoms with Crippen LogP contribution in [0.2, 0.25) is 0 Å². The Kier molecular flexibility index (Phi) is 5.67. The molecular formula is C16H33N3. The zero-order chi connectivity index (χ0) is 13.7. The van der Waals surface area contributed by atoms with Crippen LogP contribution < -0.4 is 5.32 Å². The lowest BCUT2D eigenvalue weighted by Crippen LogP contribution is -2.52. The van der Waals surface area contributed by atoms with Crippen LogP contribution in [0.1, 0.15) is 46.5 Å². The summed E-state index contributed by atoms with van der Waals surface area (Å²) in [6.45, 7) is 15.5. The van der Waals surface area contributed by atoms with Crippen LogP contribution in [0.4, 0.5) is 0 Å². The summed E-state index contributed by atoms with van der Waals surface area (Å²) < 4.78 is 0. The molecule has 0 spiro atoms. The Bertz CT molecular complexity index is 251. The molecule has 0 radical (unpaired) electrons. The molecule has 0 aromatic heterocycles. The predicted octanol–water partition coefficient (Wildman–Crippen LogP) is 2.18. The van der Waals surface area contributed by atoms with E-state index in [0.717, 1.165) is 19.1 Å². The van der Waals surface area contributed by atoms with E-state index in [1.54, 1.807) is 0 Å². The maximum atomic E-state index is 3.49. The third kappa shape index (κ3) is 4.73. The molecule has 2 rings (SSSR count). The number of nitrogens with zero attached hydrogens (tertiary/aromatic N) is 2. The Morgan fingerprint density at radius 1 is 1.05 bits per heavy atom. The molecule has 112 valence electrons. The minimum Gasteiger partial charge on any atom is -0.316 e. The van der Waals surface area contributed by atoms with Crippen LogP contribution in [0.5, 0.6) is 0 Å². The second-order valence-electron chi connectivity index (χ2n) is 7.19. The zero-order valence-electron chi connectivity index (χ0n) is 13.2. The molecule has 1 aliphatic heterocycles. The second kappa shape index (κ2) is 7.05. The average Bonchev–Trinajstić information content (AvgIpc) is 2.91. The minimum atomic E-state index is 0.394. The quantitative estimate of drug-likeness (QED) is 0.796. The molecule has 2 fully saturated rings. The summed E-state index contributed by atoms with van der Waals surface area (Å²) in [6, 6.07) is 0.914. The lowest BCUT2D eigenvalue weighted by molar-refractivity contribution is 0.0729. The first kappa shape index (κ1) is 15.3. The monoisotopic (exact) mass is 267 g/mol. The summed E-state index contributed by atoms with van der Waals surface area (Å²) in [6.07, 6.45) is 5.82. The summed E-state index contributed by atoms with van der Waals surface area (Å²) in [7, 11) is 0. The van der Waals surface area contributed by atoms with Gasteiger partial charge in [-0.25, -0.2) is 0 Å². The highest BCUT2D eigenvalue weighted by Gasteiger charge is 2.28. The van der Waals surface area contributed by atoms with E-state index in [2.05, 4.69) is 35.9 Å². The van der Waals surface area contributed by atoms with E-state index in [0.29, 0.717) is 5.41 Å². The summed E-state index contributed by atoms with van der Waals surface area (Å²) in [4.78, 5) is 5.42. The van der Waals surface area contributed by atoms with Gasteiger partial charge in [-0.05, 0) is 24.8 Å². The van der Waals surface area contributed by atoms with Gasteiger partial charge in [-0.2, -0.15) is 0 Å². The van der Waals surface area contributed by atoms with Gasteiger partial charge in [0.15, 0.2) is 0 Å². The Morgan fingerprint density at radius 3 is 2.26 bits per heavy atom. The third-order valence-corrected chi connectivity index (χ3v) is 4.75. The molecule has 0 unspecified atom stereocenters. The number of hydrogen-bond acceptors (Lipinski definition) is 3. The summed E-state index contributed by atoms with van der Waals surface area (Å²) in [5.41, 5.74) is 0.394. The van der Waals surface area contributed by atoms with Gasteiger partial charge in [0.05, 0.1) is 0 Å². The second-order valence-corrected chi connectivity index (χ2v) is 7.19. The molecule has 3 heteroatoms. The lowest BCUT2D eigenvalue weighted by Gasteiger charge is -2.41. The summed E-state index contributed by atoms with van der Waals surface area (Å²) in [5.74, 6) is 0. The molecule has 0 bridgehead atoms. The van der Waals surface area contributed by atoms with Crippen LogP contribution in [0.25, 0.3) is 0 Å². The van der Waals surface area contributed by atoms with E-state index in [1.807, 2.05) is 0 Å². The highest BCUT2D eigenvalue weighted by Crippen LogP contribution is 2.25. The van der Waals surface area contributed by atoms with Gasteiger partial charge in [0.2, 0.25) is 0 Å². The molecule has 1 aliphatic carbocycles. The number of nitrogens with one attached hydrogen (secondary N) is 1. The molecule has 1 saturated carbocycles. The summed E-state index contributed by atoms with van der Waals surface area (Å²) >= 11 is 0. The van der Waals surface area contributed by atoms with Gasteiger partial charge in [-0.15, -0.1) is 0 Å². The Morgan fingerprint density at radius 2 is 1.68 bits per heavy atom. The van der Waals surface area contributed by atoms with E-state index >= 15 is 0 Å². The number of piperazine rings is 1. The molecule has 0 atom stereocenters. The lowest BCUT2D eigenvalue weighted by atomic mass is 9.92. The van der Waals surface area contributed by atoms with Crippen molar-refractivity contribution in [3.8, 4) is 0 Å². The molecule has 0 aromatic rings. The van der Waals surface area contributed by atoms with E-state index < -0.39 is 0 Å². The molecule has 0 amide bonds. The van der Waals surface area contributed by atoms with Crippen molar-refractivity contribution in [3.05, 3.63) is 0 Å². The van der Waals surface area contributed by atoms with Crippen LogP contribution >= 0.6 is 0 Å². The molecular weight excluding hydrogens is 234 g/mol. The maximum Gasteiger partial charge on any atom is 0.0113 e. The molecule has 0 aromatic carbocycles. The first-order valence-electron chi connectivity index (χ1n) is 8.28. The van der Waals surface area contributed by atoms with Gasteiger partial charge >= 0.3 is 0 Å². The van der Waals surface area contributed by atoms with Crippen molar-refractivity contribution in [2.45, 2.75) is 52.5 Å². The smallest absolute Gasteiger partial charge is 0.0113 e. The van der Waals surface area contributed by atoms with Crippen molar-refractivity contribution in [1.29, 1.82) is 0 Å². The Labute approximate surface area is 119 Å². The fraction of sp³-hybridized carbons (Fsp3) is 1.00. The van der Waals surface area contributed by atoms with Crippen molar-refractivity contribution < 1.29 is 0 Å². The predicted molar refractivity (Wildman–Crippen MR) is 82.6 cm³/mol. The number of rotatable bonds is 6. The van der Waals surface area contributed by atoms with Gasteiger partial charge in [-0.1, -0.05) is 33.6 Å². The third-order valence-electron chi connectivity index (χ3n) is 4.75. The van der Waals surface area contributed by atoms with Gasteiger partial charge in [0, 0.05) is 45.3 Å². The number of hydrogen-bond donors (Lipinski definition) is 1. The largest absolute Gasteiger partial charge is 0.316 e. The highest BCUT2D eigenvalue weighted by atomic mass is 15.3. The van der Waals surface area contributed by atoms with Crippen LogP contribution in [0.15, 0.2) is 0 Å². The van der Waals surface area contributed by atoms with E-state index in [4.69, 9.17) is 0 Å². The highest BCUT2D eigenvalue weighted by molar-refractivity contribution is 4.84. The van der Waals surface area contributed by atoms with Gasteiger partial charge in [0.25, 0.3) is 0 Å². The van der Waals surface area contributed by atoms with Crippen molar-refractivity contribution in [2.75, 3.05) is 45.8 Å². The first-order chi connectivity index (χ1) is 9.11. The van der Waals surface area contributed by atoms with E-state index in [-0.39, 0.29) is 0 Å². The topological polar surface area (TPSA) is 18.5 Å². The summed E-state index contributed by atoms with van der Waals surface area (Å²) in [5, 5.41) is 3.49. The molecule has 1 N–H and O–H groups in total. The van der Waals surface area contributed by atoms with E-state index in [9.17, 15) is 0 Å². The molecule has 1 heterocycles. The molecule has 19 heavy (non-hydrogen) atoms. The van der Waals surface area contributed by atoms with Crippen LogP contribution in [0, 0.1) is 5.41 Å². The molecule has 1 saturated heterocycles. The maximum absolute atomic E-state index is 3.49. The fourth-order valence-electron chi connectivity index (χ4n) is 3.68. The standard InChI is InChI=1S/C16H33N3/c1-4-17-13-16(2,3)14-18-9-11-19(12-10-18)15-7-5-6-8-15/h15,17H,4-14H2,1-3H3. The van der Waals surface area contributed by atoms with E-state index in [1.165, 1.54) is 58.4 Å². The molecule has 2 aliphatic rings. The Balaban J connectivity index is 1.70. The average molecular weight is 267 g/mol.